The van der Waals surface area contributed by atoms with E-state index in [0.29, 0.717) is 6.10 Å². The minimum Gasteiger partial charge on any atom is -0.377 e. The summed E-state index contributed by atoms with van der Waals surface area (Å²) >= 11 is 0. The molecule has 5 nitrogen and oxygen atoms in total. The summed E-state index contributed by atoms with van der Waals surface area (Å²) in [7, 11) is 1.98. The number of rotatable bonds is 5. The lowest BCUT2D eigenvalue weighted by Gasteiger charge is -2.37. The third-order valence-electron chi connectivity index (χ3n) is 4.84. The van der Waals surface area contributed by atoms with Crippen molar-refractivity contribution in [2.75, 3.05) is 13.2 Å². The van der Waals surface area contributed by atoms with E-state index in [-0.39, 0.29) is 11.0 Å². The second-order valence-corrected chi connectivity index (χ2v) is 7.82. The van der Waals surface area contributed by atoms with Crippen LogP contribution in [0.5, 0.6) is 0 Å². The SMILES string of the molecule is Cn1ncnc1CC1(CNC(C)(C)C)CCOC1C1CC1. The Morgan fingerprint density at radius 2 is 2.19 bits per heavy atom. The van der Waals surface area contributed by atoms with Crippen molar-refractivity contribution in [2.24, 2.45) is 18.4 Å². The largest absolute Gasteiger partial charge is 0.377 e. The first-order chi connectivity index (χ1) is 9.90. The summed E-state index contributed by atoms with van der Waals surface area (Å²) < 4.78 is 8.05. The molecule has 5 heteroatoms. The van der Waals surface area contributed by atoms with Crippen molar-refractivity contribution < 1.29 is 4.74 Å². The van der Waals surface area contributed by atoms with E-state index in [1.54, 1.807) is 6.33 Å². The van der Waals surface area contributed by atoms with Crippen molar-refractivity contribution in [2.45, 2.75) is 58.1 Å². The molecule has 2 fully saturated rings. The minimum absolute atomic E-state index is 0.129. The van der Waals surface area contributed by atoms with Crippen LogP contribution in [0.3, 0.4) is 0 Å². The number of nitrogens with zero attached hydrogens (tertiary/aromatic N) is 3. The van der Waals surface area contributed by atoms with Crippen LogP contribution in [0, 0.1) is 11.3 Å². The van der Waals surface area contributed by atoms with Gasteiger partial charge in [0, 0.05) is 37.6 Å². The third-order valence-corrected chi connectivity index (χ3v) is 4.84. The van der Waals surface area contributed by atoms with Crippen LogP contribution in [0.15, 0.2) is 6.33 Å². The van der Waals surface area contributed by atoms with Gasteiger partial charge in [-0.25, -0.2) is 4.98 Å². The van der Waals surface area contributed by atoms with Gasteiger partial charge in [-0.05, 0) is 46.0 Å². The van der Waals surface area contributed by atoms with Crippen LogP contribution in [0.4, 0.5) is 0 Å². The molecule has 1 aliphatic heterocycles. The van der Waals surface area contributed by atoms with Gasteiger partial charge in [0.05, 0.1) is 6.10 Å². The van der Waals surface area contributed by atoms with E-state index in [4.69, 9.17) is 4.74 Å². The third kappa shape index (κ3) is 3.29. The molecule has 0 amide bonds. The molecule has 1 aromatic rings. The van der Waals surface area contributed by atoms with E-state index in [1.165, 1.54) is 12.8 Å². The van der Waals surface area contributed by atoms with Crippen LogP contribution in [0.1, 0.15) is 45.9 Å². The lowest BCUT2D eigenvalue weighted by Crippen LogP contribution is -2.49. The van der Waals surface area contributed by atoms with Crippen LogP contribution >= 0.6 is 0 Å². The number of hydrogen-bond acceptors (Lipinski definition) is 4. The summed E-state index contributed by atoms with van der Waals surface area (Å²) in [5.41, 5.74) is 0.290. The standard InChI is InChI=1S/C16H28N4O/c1-15(2,3)18-10-16(9-13-17-11-19-20(13)4)7-8-21-14(16)12-5-6-12/h11-12,14,18H,5-10H2,1-4H3. The van der Waals surface area contributed by atoms with E-state index in [0.717, 1.165) is 37.7 Å². The summed E-state index contributed by atoms with van der Waals surface area (Å²) in [5.74, 6) is 1.82. The highest BCUT2D eigenvalue weighted by Gasteiger charge is 2.51. The van der Waals surface area contributed by atoms with Gasteiger partial charge in [0.1, 0.15) is 12.2 Å². The average molecular weight is 292 g/mol. The fraction of sp³-hybridized carbons (Fsp3) is 0.875. The van der Waals surface area contributed by atoms with Crippen molar-refractivity contribution in [1.29, 1.82) is 0 Å². The Bertz CT molecular complexity index is 489. The molecule has 1 saturated carbocycles. The minimum atomic E-state index is 0.129. The molecule has 2 aliphatic rings. The van der Waals surface area contributed by atoms with Gasteiger partial charge in [-0.2, -0.15) is 5.10 Å². The quantitative estimate of drug-likeness (QED) is 0.901. The summed E-state index contributed by atoms with van der Waals surface area (Å²) in [6, 6.07) is 0. The van der Waals surface area contributed by atoms with E-state index >= 15 is 0 Å². The predicted molar refractivity (Wildman–Crippen MR) is 82.0 cm³/mol. The maximum atomic E-state index is 6.15. The molecule has 118 valence electrons. The first-order valence-corrected chi connectivity index (χ1v) is 8.09. The van der Waals surface area contributed by atoms with Gasteiger partial charge < -0.3 is 10.1 Å². The Balaban J connectivity index is 1.81. The molecular weight excluding hydrogens is 264 g/mol. The van der Waals surface area contributed by atoms with Crippen LogP contribution < -0.4 is 5.32 Å². The molecule has 2 unspecified atom stereocenters. The van der Waals surface area contributed by atoms with Gasteiger partial charge in [-0.1, -0.05) is 0 Å². The molecule has 1 N–H and O–H groups in total. The van der Waals surface area contributed by atoms with Crippen molar-refractivity contribution >= 4 is 0 Å². The van der Waals surface area contributed by atoms with Gasteiger partial charge >= 0.3 is 0 Å². The summed E-state index contributed by atoms with van der Waals surface area (Å²) in [5, 5.41) is 7.94. The Morgan fingerprint density at radius 3 is 2.76 bits per heavy atom. The second-order valence-electron chi connectivity index (χ2n) is 7.82. The van der Waals surface area contributed by atoms with Gasteiger partial charge in [0.25, 0.3) is 0 Å². The van der Waals surface area contributed by atoms with Crippen LogP contribution in [-0.4, -0.2) is 39.6 Å². The molecule has 1 saturated heterocycles. The zero-order chi connectivity index (χ0) is 15.1. The van der Waals surface area contributed by atoms with Gasteiger partial charge in [0.2, 0.25) is 0 Å². The number of aromatic nitrogens is 3. The van der Waals surface area contributed by atoms with Gasteiger partial charge in [-0.15, -0.1) is 0 Å². The average Bonchev–Trinajstić information content (AvgIpc) is 3.05. The van der Waals surface area contributed by atoms with E-state index in [9.17, 15) is 0 Å². The zero-order valence-corrected chi connectivity index (χ0v) is 13.7. The molecular formula is C16H28N4O. The molecule has 2 heterocycles. The summed E-state index contributed by atoms with van der Waals surface area (Å²) in [6.07, 6.45) is 6.74. The maximum Gasteiger partial charge on any atom is 0.138 e. The highest BCUT2D eigenvalue weighted by atomic mass is 16.5. The Morgan fingerprint density at radius 1 is 1.43 bits per heavy atom. The number of ether oxygens (including phenoxy) is 1. The fourth-order valence-electron chi connectivity index (χ4n) is 3.42. The summed E-state index contributed by atoms with van der Waals surface area (Å²) in [4.78, 5) is 4.45. The smallest absolute Gasteiger partial charge is 0.138 e. The molecule has 0 radical (unpaired) electrons. The number of nitrogens with one attached hydrogen (secondary N) is 1. The van der Waals surface area contributed by atoms with Gasteiger partial charge in [-0.3, -0.25) is 4.68 Å². The van der Waals surface area contributed by atoms with Crippen molar-refractivity contribution in [3.63, 3.8) is 0 Å². The Labute approximate surface area is 127 Å². The molecule has 3 rings (SSSR count). The number of hydrogen-bond donors (Lipinski definition) is 1. The Hall–Kier alpha value is -0.940. The van der Waals surface area contributed by atoms with Gasteiger partial charge in [0.15, 0.2) is 0 Å². The Kier molecular flexibility index (Phi) is 3.82. The maximum absolute atomic E-state index is 6.15. The highest BCUT2D eigenvalue weighted by molar-refractivity contribution is 5.06. The van der Waals surface area contributed by atoms with Crippen molar-refractivity contribution in [1.82, 2.24) is 20.1 Å². The van der Waals surface area contributed by atoms with Crippen LogP contribution in [-0.2, 0) is 18.2 Å². The molecule has 0 bridgehead atoms. The lowest BCUT2D eigenvalue weighted by atomic mass is 9.75. The van der Waals surface area contributed by atoms with E-state index < -0.39 is 0 Å². The molecule has 1 aliphatic carbocycles. The summed E-state index contributed by atoms with van der Waals surface area (Å²) in [6.45, 7) is 8.55. The highest BCUT2D eigenvalue weighted by Crippen LogP contribution is 2.49. The van der Waals surface area contributed by atoms with E-state index in [1.807, 2.05) is 11.7 Å². The fourth-order valence-corrected chi connectivity index (χ4v) is 3.42. The normalized spacial score (nSPS) is 30.0. The second kappa shape index (κ2) is 5.36. The molecule has 0 spiro atoms. The molecule has 21 heavy (non-hydrogen) atoms. The first-order valence-electron chi connectivity index (χ1n) is 8.09. The molecule has 0 aromatic carbocycles. The number of aryl methyl sites for hydroxylation is 1. The lowest BCUT2D eigenvalue weighted by molar-refractivity contribution is 0.0267. The zero-order valence-electron chi connectivity index (χ0n) is 13.7. The monoisotopic (exact) mass is 292 g/mol. The van der Waals surface area contributed by atoms with Crippen LogP contribution in [0.25, 0.3) is 0 Å². The van der Waals surface area contributed by atoms with E-state index in [2.05, 4.69) is 36.2 Å². The van der Waals surface area contributed by atoms with Crippen molar-refractivity contribution in [3.8, 4) is 0 Å². The van der Waals surface area contributed by atoms with Crippen molar-refractivity contribution in [3.05, 3.63) is 12.2 Å². The topological polar surface area (TPSA) is 52.0 Å². The molecule has 1 aromatic heterocycles. The van der Waals surface area contributed by atoms with Crippen LogP contribution in [0.2, 0.25) is 0 Å². The first kappa shape index (κ1) is 15.0. The molecule has 2 atom stereocenters. The predicted octanol–water partition coefficient (Wildman–Crippen LogP) is 1.93.